The SMILES string of the molecule is CCCCCCCCc1c(CCCC)cccc1C(=O)O. The molecule has 0 atom stereocenters. The van der Waals surface area contributed by atoms with Crippen molar-refractivity contribution in [2.45, 2.75) is 78.1 Å². The number of hydrogen-bond acceptors (Lipinski definition) is 1. The Morgan fingerprint density at radius 2 is 1.57 bits per heavy atom. The van der Waals surface area contributed by atoms with Gasteiger partial charge in [0.15, 0.2) is 0 Å². The molecule has 0 saturated carbocycles. The molecule has 0 unspecified atom stereocenters. The molecule has 1 N–H and O–H groups in total. The van der Waals surface area contributed by atoms with E-state index in [1.54, 1.807) is 6.07 Å². The van der Waals surface area contributed by atoms with Crippen LogP contribution in [0.2, 0.25) is 0 Å². The van der Waals surface area contributed by atoms with Crippen molar-refractivity contribution in [1.29, 1.82) is 0 Å². The molecular formula is C19H30O2. The van der Waals surface area contributed by atoms with Gasteiger partial charge < -0.3 is 5.11 Å². The summed E-state index contributed by atoms with van der Waals surface area (Å²) in [4.78, 5) is 11.4. The molecule has 1 aromatic rings. The standard InChI is InChI=1S/C19H30O2/c1-3-5-7-8-9-10-14-17-16(12-6-4-2)13-11-15-18(17)19(20)21/h11,13,15H,3-10,12,14H2,1-2H3,(H,20,21). The van der Waals surface area contributed by atoms with Gasteiger partial charge in [-0.1, -0.05) is 64.5 Å². The summed E-state index contributed by atoms with van der Waals surface area (Å²) in [5.74, 6) is -0.783. The van der Waals surface area contributed by atoms with Crippen LogP contribution >= 0.6 is 0 Å². The largest absolute Gasteiger partial charge is 0.478 e. The van der Waals surface area contributed by atoms with Crippen molar-refractivity contribution in [1.82, 2.24) is 0 Å². The molecule has 2 nitrogen and oxygen atoms in total. The van der Waals surface area contributed by atoms with Gasteiger partial charge in [0.2, 0.25) is 0 Å². The van der Waals surface area contributed by atoms with Gasteiger partial charge in [-0.15, -0.1) is 0 Å². The lowest BCUT2D eigenvalue weighted by molar-refractivity contribution is 0.0695. The van der Waals surface area contributed by atoms with Crippen molar-refractivity contribution in [3.8, 4) is 0 Å². The Kier molecular flexibility index (Phi) is 8.80. The van der Waals surface area contributed by atoms with Crippen LogP contribution in [0.15, 0.2) is 18.2 Å². The minimum Gasteiger partial charge on any atom is -0.478 e. The Morgan fingerprint density at radius 3 is 2.24 bits per heavy atom. The second kappa shape index (κ2) is 10.4. The average Bonchev–Trinajstić information content (AvgIpc) is 2.48. The molecule has 0 radical (unpaired) electrons. The smallest absolute Gasteiger partial charge is 0.335 e. The molecule has 0 spiro atoms. The highest BCUT2D eigenvalue weighted by Gasteiger charge is 2.13. The first-order valence-electron chi connectivity index (χ1n) is 8.54. The Labute approximate surface area is 129 Å². The number of aryl methyl sites for hydroxylation is 1. The van der Waals surface area contributed by atoms with Crippen LogP contribution in [-0.4, -0.2) is 11.1 Å². The molecule has 118 valence electrons. The van der Waals surface area contributed by atoms with E-state index in [4.69, 9.17) is 0 Å². The molecule has 2 heteroatoms. The maximum absolute atomic E-state index is 11.4. The molecule has 0 aliphatic rings. The molecule has 0 aromatic heterocycles. The minimum absolute atomic E-state index is 0.511. The Hall–Kier alpha value is -1.31. The third kappa shape index (κ3) is 6.33. The normalized spacial score (nSPS) is 10.8. The quantitative estimate of drug-likeness (QED) is 0.536. The number of unbranched alkanes of at least 4 members (excludes halogenated alkanes) is 6. The highest BCUT2D eigenvalue weighted by atomic mass is 16.4. The first kappa shape index (κ1) is 17.7. The van der Waals surface area contributed by atoms with Crippen molar-refractivity contribution < 1.29 is 9.90 Å². The summed E-state index contributed by atoms with van der Waals surface area (Å²) in [6.45, 7) is 4.40. The molecule has 0 aliphatic heterocycles. The zero-order chi connectivity index (χ0) is 15.5. The van der Waals surface area contributed by atoms with E-state index in [0.29, 0.717) is 5.56 Å². The summed E-state index contributed by atoms with van der Waals surface area (Å²) in [6.07, 6.45) is 11.7. The van der Waals surface area contributed by atoms with E-state index in [0.717, 1.165) is 37.7 Å². The topological polar surface area (TPSA) is 37.3 Å². The fraction of sp³-hybridized carbons (Fsp3) is 0.632. The molecular weight excluding hydrogens is 260 g/mol. The van der Waals surface area contributed by atoms with Crippen LogP contribution in [-0.2, 0) is 12.8 Å². The van der Waals surface area contributed by atoms with Crippen LogP contribution in [0.3, 0.4) is 0 Å². The molecule has 1 aromatic carbocycles. The van der Waals surface area contributed by atoms with E-state index in [-0.39, 0.29) is 0 Å². The molecule has 0 saturated heterocycles. The second-order valence-electron chi connectivity index (χ2n) is 5.87. The van der Waals surface area contributed by atoms with Gasteiger partial charge in [-0.2, -0.15) is 0 Å². The van der Waals surface area contributed by atoms with Gasteiger partial charge in [0.1, 0.15) is 0 Å². The number of aromatic carboxylic acids is 1. The monoisotopic (exact) mass is 290 g/mol. The fourth-order valence-electron chi connectivity index (χ4n) is 2.81. The highest BCUT2D eigenvalue weighted by molar-refractivity contribution is 5.89. The first-order chi connectivity index (χ1) is 10.2. The van der Waals surface area contributed by atoms with Crippen LogP contribution in [0.1, 0.15) is 86.7 Å². The molecule has 0 aliphatic carbocycles. The number of carbonyl (C=O) groups is 1. The summed E-state index contributed by atoms with van der Waals surface area (Å²) in [6, 6.07) is 5.75. The number of benzene rings is 1. The number of carboxylic acid groups (broad SMARTS) is 1. The molecule has 0 bridgehead atoms. The van der Waals surface area contributed by atoms with E-state index in [9.17, 15) is 9.90 Å². The third-order valence-corrected chi connectivity index (χ3v) is 4.08. The maximum Gasteiger partial charge on any atom is 0.335 e. The van der Waals surface area contributed by atoms with Crippen LogP contribution in [0.4, 0.5) is 0 Å². The summed E-state index contributed by atoms with van der Waals surface area (Å²) in [7, 11) is 0. The number of hydrogen-bond donors (Lipinski definition) is 1. The van der Waals surface area contributed by atoms with Crippen LogP contribution in [0.25, 0.3) is 0 Å². The van der Waals surface area contributed by atoms with E-state index < -0.39 is 5.97 Å². The first-order valence-corrected chi connectivity index (χ1v) is 8.54. The lowest BCUT2D eigenvalue weighted by Gasteiger charge is -2.12. The van der Waals surface area contributed by atoms with Crippen LogP contribution < -0.4 is 0 Å². The Balaban J connectivity index is 2.65. The van der Waals surface area contributed by atoms with E-state index in [1.807, 2.05) is 6.07 Å². The summed E-state index contributed by atoms with van der Waals surface area (Å²) < 4.78 is 0. The van der Waals surface area contributed by atoms with Crippen molar-refractivity contribution in [2.75, 3.05) is 0 Å². The van der Waals surface area contributed by atoms with Gasteiger partial charge in [0, 0.05) is 0 Å². The second-order valence-corrected chi connectivity index (χ2v) is 5.87. The number of carboxylic acids is 1. The minimum atomic E-state index is -0.783. The zero-order valence-corrected chi connectivity index (χ0v) is 13.7. The van der Waals surface area contributed by atoms with Gasteiger partial charge in [-0.3, -0.25) is 0 Å². The molecule has 0 fully saturated rings. The third-order valence-electron chi connectivity index (χ3n) is 4.08. The van der Waals surface area contributed by atoms with Crippen molar-refractivity contribution >= 4 is 5.97 Å². The fourth-order valence-corrected chi connectivity index (χ4v) is 2.81. The zero-order valence-electron chi connectivity index (χ0n) is 13.7. The maximum atomic E-state index is 11.4. The van der Waals surface area contributed by atoms with Crippen LogP contribution in [0, 0.1) is 0 Å². The summed E-state index contributed by atoms with van der Waals surface area (Å²) in [5.41, 5.74) is 2.83. The van der Waals surface area contributed by atoms with Crippen LogP contribution in [0.5, 0.6) is 0 Å². The number of rotatable bonds is 11. The average molecular weight is 290 g/mol. The molecule has 1 rings (SSSR count). The van der Waals surface area contributed by atoms with E-state index in [1.165, 1.54) is 37.7 Å². The van der Waals surface area contributed by atoms with E-state index >= 15 is 0 Å². The summed E-state index contributed by atoms with van der Waals surface area (Å²) >= 11 is 0. The van der Waals surface area contributed by atoms with Gasteiger partial charge in [-0.05, 0) is 42.9 Å². The Bertz CT molecular complexity index is 424. The van der Waals surface area contributed by atoms with Gasteiger partial charge in [-0.25, -0.2) is 4.79 Å². The Morgan fingerprint density at radius 1 is 0.905 bits per heavy atom. The predicted octanol–water partition coefficient (Wildman–Crippen LogP) is 5.63. The van der Waals surface area contributed by atoms with Gasteiger partial charge in [0.05, 0.1) is 5.56 Å². The van der Waals surface area contributed by atoms with Gasteiger partial charge >= 0.3 is 5.97 Å². The van der Waals surface area contributed by atoms with E-state index in [2.05, 4.69) is 19.9 Å². The molecule has 21 heavy (non-hydrogen) atoms. The van der Waals surface area contributed by atoms with Gasteiger partial charge in [0.25, 0.3) is 0 Å². The predicted molar refractivity (Wildman–Crippen MR) is 89.1 cm³/mol. The molecule has 0 heterocycles. The lowest BCUT2D eigenvalue weighted by Crippen LogP contribution is -2.06. The van der Waals surface area contributed by atoms with Crippen molar-refractivity contribution in [3.05, 3.63) is 34.9 Å². The van der Waals surface area contributed by atoms with Crippen molar-refractivity contribution in [3.63, 3.8) is 0 Å². The lowest BCUT2D eigenvalue weighted by atomic mass is 9.93. The molecule has 0 amide bonds. The van der Waals surface area contributed by atoms with Crippen molar-refractivity contribution in [2.24, 2.45) is 0 Å². The highest BCUT2D eigenvalue weighted by Crippen LogP contribution is 2.21. The summed E-state index contributed by atoms with van der Waals surface area (Å²) in [5, 5.41) is 9.39.